The fourth-order valence-electron chi connectivity index (χ4n) is 2.87. The second-order valence-electron chi connectivity index (χ2n) is 7.74. The van der Waals surface area contributed by atoms with E-state index in [1.807, 2.05) is 33.8 Å². The maximum absolute atomic E-state index is 12.5. The first-order valence-electron chi connectivity index (χ1n) is 9.08. The number of amides is 1. The molecule has 0 saturated carbocycles. The standard InChI is InChI=1S/C21H24BNO5/c1-20(2)21(3,4)28-22(27-20)16-11-15(19(25)26-5)12-17(13-16)23-18(24)14-9-7-6-8-10-14/h6-13H,1-5H3,(H,23,24). The Balaban J connectivity index is 1.94. The topological polar surface area (TPSA) is 73.9 Å². The van der Waals surface area contributed by atoms with E-state index >= 15 is 0 Å². The maximum Gasteiger partial charge on any atom is 0.494 e. The number of carbonyl (C=O) groups excluding carboxylic acids is 2. The average Bonchev–Trinajstić information content (AvgIpc) is 2.89. The van der Waals surface area contributed by atoms with Crippen LogP contribution < -0.4 is 10.8 Å². The van der Waals surface area contributed by atoms with Crippen LogP contribution in [0.3, 0.4) is 0 Å². The van der Waals surface area contributed by atoms with Crippen molar-refractivity contribution in [2.75, 3.05) is 12.4 Å². The zero-order chi connectivity index (χ0) is 20.5. The second kappa shape index (κ2) is 7.41. The Bertz CT molecular complexity index is 879. The highest BCUT2D eigenvalue weighted by Crippen LogP contribution is 2.36. The van der Waals surface area contributed by atoms with Crippen LogP contribution in [0.5, 0.6) is 0 Å². The Labute approximate surface area is 165 Å². The van der Waals surface area contributed by atoms with Crippen LogP contribution in [0.2, 0.25) is 0 Å². The van der Waals surface area contributed by atoms with E-state index in [0.29, 0.717) is 22.3 Å². The SMILES string of the molecule is COC(=O)c1cc(NC(=O)c2ccccc2)cc(B2OC(C)(C)C(C)(C)O2)c1. The van der Waals surface area contributed by atoms with E-state index in [9.17, 15) is 9.59 Å². The molecule has 1 saturated heterocycles. The van der Waals surface area contributed by atoms with E-state index in [2.05, 4.69) is 5.32 Å². The monoisotopic (exact) mass is 381 g/mol. The predicted octanol–water partition coefficient (Wildman–Crippen LogP) is 3.02. The summed E-state index contributed by atoms with van der Waals surface area (Å²) < 4.78 is 17.0. The van der Waals surface area contributed by atoms with Crippen LogP contribution in [-0.4, -0.2) is 37.3 Å². The van der Waals surface area contributed by atoms with E-state index < -0.39 is 24.3 Å². The van der Waals surface area contributed by atoms with Gasteiger partial charge >= 0.3 is 13.1 Å². The summed E-state index contributed by atoms with van der Waals surface area (Å²) in [6.45, 7) is 7.81. The molecule has 7 heteroatoms. The van der Waals surface area contributed by atoms with E-state index in [-0.39, 0.29) is 5.91 Å². The zero-order valence-electron chi connectivity index (χ0n) is 16.7. The molecule has 0 spiro atoms. The lowest BCUT2D eigenvalue weighted by molar-refractivity contribution is 0.00578. The number of methoxy groups -OCH3 is 1. The number of anilines is 1. The first-order chi connectivity index (χ1) is 13.1. The van der Waals surface area contributed by atoms with Crippen LogP contribution in [0.4, 0.5) is 5.69 Å². The van der Waals surface area contributed by atoms with Gasteiger partial charge in [-0.3, -0.25) is 4.79 Å². The first-order valence-corrected chi connectivity index (χ1v) is 9.08. The Morgan fingerprint density at radius 2 is 1.54 bits per heavy atom. The highest BCUT2D eigenvalue weighted by Gasteiger charge is 2.51. The fourth-order valence-corrected chi connectivity index (χ4v) is 2.87. The molecule has 1 heterocycles. The third-order valence-corrected chi connectivity index (χ3v) is 5.20. The van der Waals surface area contributed by atoms with Gasteiger partial charge in [0.1, 0.15) is 0 Å². The van der Waals surface area contributed by atoms with Gasteiger partial charge in [-0.25, -0.2) is 4.79 Å². The fraction of sp³-hybridized carbons (Fsp3) is 0.333. The molecular formula is C21H24BNO5. The molecule has 1 N–H and O–H groups in total. The minimum absolute atomic E-state index is 0.275. The molecule has 1 amide bonds. The molecule has 0 unspecified atom stereocenters. The molecule has 0 radical (unpaired) electrons. The zero-order valence-corrected chi connectivity index (χ0v) is 16.7. The van der Waals surface area contributed by atoms with Crippen molar-refractivity contribution in [2.24, 2.45) is 0 Å². The summed E-state index contributed by atoms with van der Waals surface area (Å²) in [5.74, 6) is -0.781. The van der Waals surface area contributed by atoms with E-state index in [1.54, 1.807) is 42.5 Å². The van der Waals surface area contributed by atoms with Gasteiger partial charge in [0.25, 0.3) is 5.91 Å². The molecule has 6 nitrogen and oxygen atoms in total. The van der Waals surface area contributed by atoms with Crippen LogP contribution in [0.25, 0.3) is 0 Å². The van der Waals surface area contributed by atoms with Gasteiger partial charge in [0, 0.05) is 11.3 Å². The van der Waals surface area contributed by atoms with Gasteiger partial charge in [-0.05, 0) is 63.5 Å². The van der Waals surface area contributed by atoms with Crippen molar-refractivity contribution >= 4 is 30.1 Å². The van der Waals surface area contributed by atoms with Crippen molar-refractivity contribution in [1.29, 1.82) is 0 Å². The number of benzene rings is 2. The van der Waals surface area contributed by atoms with Crippen molar-refractivity contribution in [3.8, 4) is 0 Å². The molecule has 1 aliphatic rings. The number of ether oxygens (including phenoxy) is 1. The van der Waals surface area contributed by atoms with Crippen molar-refractivity contribution in [2.45, 2.75) is 38.9 Å². The number of esters is 1. The number of carbonyl (C=O) groups is 2. The molecule has 28 heavy (non-hydrogen) atoms. The Kier molecular flexibility index (Phi) is 5.32. The van der Waals surface area contributed by atoms with Crippen LogP contribution >= 0.6 is 0 Å². The van der Waals surface area contributed by atoms with E-state index in [0.717, 1.165) is 0 Å². The minimum Gasteiger partial charge on any atom is -0.465 e. The maximum atomic E-state index is 12.5. The van der Waals surface area contributed by atoms with E-state index in [4.69, 9.17) is 14.0 Å². The largest absolute Gasteiger partial charge is 0.494 e. The number of hydrogen-bond donors (Lipinski definition) is 1. The molecule has 1 aliphatic heterocycles. The molecule has 2 aromatic rings. The third-order valence-electron chi connectivity index (χ3n) is 5.20. The summed E-state index contributed by atoms with van der Waals surface area (Å²) in [7, 11) is 0.647. The van der Waals surface area contributed by atoms with Crippen LogP contribution in [0.1, 0.15) is 48.4 Å². The minimum atomic E-state index is -0.665. The number of hydrogen-bond acceptors (Lipinski definition) is 5. The van der Waals surface area contributed by atoms with E-state index in [1.165, 1.54) is 7.11 Å². The lowest BCUT2D eigenvalue weighted by Gasteiger charge is -2.32. The average molecular weight is 381 g/mol. The quantitative estimate of drug-likeness (QED) is 0.651. The van der Waals surface area contributed by atoms with Crippen molar-refractivity contribution < 1.29 is 23.6 Å². The van der Waals surface area contributed by atoms with Crippen LogP contribution in [-0.2, 0) is 14.0 Å². The molecule has 146 valence electrons. The summed E-state index contributed by atoms with van der Waals surface area (Å²) in [5.41, 5.74) is 0.867. The molecule has 2 aromatic carbocycles. The first kappa shape index (κ1) is 20.1. The number of rotatable bonds is 4. The van der Waals surface area contributed by atoms with Gasteiger partial charge in [-0.15, -0.1) is 0 Å². The second-order valence-corrected chi connectivity index (χ2v) is 7.74. The van der Waals surface area contributed by atoms with Crippen molar-refractivity contribution in [3.05, 3.63) is 59.7 Å². The summed E-state index contributed by atoms with van der Waals surface area (Å²) in [6.07, 6.45) is 0. The summed E-state index contributed by atoms with van der Waals surface area (Å²) in [5, 5.41) is 2.83. The van der Waals surface area contributed by atoms with Gasteiger partial charge < -0.3 is 19.4 Å². The molecule has 0 bridgehead atoms. The van der Waals surface area contributed by atoms with Gasteiger partial charge in [-0.1, -0.05) is 18.2 Å². The normalized spacial score (nSPS) is 17.2. The van der Waals surface area contributed by atoms with Crippen molar-refractivity contribution in [3.63, 3.8) is 0 Å². The molecule has 1 fully saturated rings. The third kappa shape index (κ3) is 3.95. The molecule has 0 aliphatic carbocycles. The molecule has 0 atom stereocenters. The van der Waals surface area contributed by atoms with Gasteiger partial charge in [0.05, 0.1) is 23.9 Å². The van der Waals surface area contributed by atoms with Gasteiger partial charge in [0.2, 0.25) is 0 Å². The predicted molar refractivity (Wildman–Crippen MR) is 108 cm³/mol. The summed E-state index contributed by atoms with van der Waals surface area (Å²) >= 11 is 0. The highest BCUT2D eigenvalue weighted by atomic mass is 16.7. The Morgan fingerprint density at radius 1 is 0.929 bits per heavy atom. The van der Waals surface area contributed by atoms with Crippen molar-refractivity contribution in [1.82, 2.24) is 0 Å². The van der Waals surface area contributed by atoms with Gasteiger partial charge in [-0.2, -0.15) is 0 Å². The van der Waals surface area contributed by atoms with Crippen LogP contribution in [0.15, 0.2) is 48.5 Å². The van der Waals surface area contributed by atoms with Gasteiger partial charge in [0.15, 0.2) is 0 Å². The number of nitrogens with one attached hydrogen (secondary N) is 1. The lowest BCUT2D eigenvalue weighted by Crippen LogP contribution is -2.41. The molecular weight excluding hydrogens is 357 g/mol. The van der Waals surface area contributed by atoms with Crippen LogP contribution in [0, 0.1) is 0 Å². The Morgan fingerprint density at radius 3 is 2.11 bits per heavy atom. The molecule has 3 rings (SSSR count). The lowest BCUT2D eigenvalue weighted by atomic mass is 9.78. The highest BCUT2D eigenvalue weighted by molar-refractivity contribution is 6.62. The molecule has 0 aromatic heterocycles. The summed E-state index contributed by atoms with van der Waals surface area (Å²) in [6, 6.07) is 13.8. The summed E-state index contributed by atoms with van der Waals surface area (Å²) in [4.78, 5) is 24.6. The Hall–Kier alpha value is -2.64. The smallest absolute Gasteiger partial charge is 0.465 e.